The van der Waals surface area contributed by atoms with Gasteiger partial charge in [-0.15, -0.1) is 25.2 Å². The molecule has 2 heterocycles. The van der Waals surface area contributed by atoms with E-state index in [9.17, 15) is 24.3 Å². The molecule has 4 atom stereocenters. The summed E-state index contributed by atoms with van der Waals surface area (Å²) < 4.78 is 40.0. The van der Waals surface area contributed by atoms with Crippen molar-refractivity contribution in [2.24, 2.45) is 5.41 Å². The highest BCUT2D eigenvalue weighted by molar-refractivity contribution is 8.76. The third-order valence-corrected chi connectivity index (χ3v) is 10.9. The second kappa shape index (κ2) is 19.9. The van der Waals surface area contributed by atoms with Crippen LogP contribution in [0.4, 0.5) is 0 Å². The van der Waals surface area contributed by atoms with E-state index in [1.165, 1.54) is 41.8 Å². The fourth-order valence-electron chi connectivity index (χ4n) is 3.85. The number of aromatic nitrogens is 2. The van der Waals surface area contributed by atoms with Gasteiger partial charge in [-0.05, 0) is 25.2 Å². The summed E-state index contributed by atoms with van der Waals surface area (Å²) >= 11 is 5.54. The van der Waals surface area contributed by atoms with Crippen LogP contribution in [0.5, 0.6) is 0 Å². The average Bonchev–Trinajstić information content (AvgIpc) is 3.44. The maximum Gasteiger partial charge on any atom is 0.330 e. The van der Waals surface area contributed by atoms with E-state index in [1.54, 1.807) is 0 Å². The molecule has 0 radical (unpaired) electrons. The molecule has 2 unspecified atom stereocenters. The van der Waals surface area contributed by atoms with Crippen LogP contribution in [-0.2, 0) is 53.9 Å². The minimum atomic E-state index is -3.82. The fraction of sp³-hybridized carbons (Fsp3) is 0.571. The van der Waals surface area contributed by atoms with Crippen molar-refractivity contribution in [2.75, 3.05) is 51.8 Å². The maximum absolute atomic E-state index is 13.3. The maximum atomic E-state index is 13.3. The lowest BCUT2D eigenvalue weighted by atomic mass is 9.90. The second-order valence-electron chi connectivity index (χ2n) is 9.43. The van der Waals surface area contributed by atoms with Gasteiger partial charge < -0.3 is 37.6 Å². The highest BCUT2D eigenvalue weighted by Gasteiger charge is 2.52. The van der Waals surface area contributed by atoms with E-state index in [0.717, 1.165) is 16.7 Å². The Hall–Kier alpha value is -2.59. The molecule has 0 spiro atoms. The van der Waals surface area contributed by atoms with Crippen molar-refractivity contribution in [1.29, 1.82) is 0 Å². The lowest BCUT2D eigenvalue weighted by Crippen LogP contribution is -2.49. The SMILES string of the molecule is C#CCCCSSCOCC(COP(=S)(OC)OC1C[C@H](n2cc(C)c(=O)[nH]c2=O)O[C@@H]1CO)(C(=O)OCC#C)C(=O)OCC#C. The zero-order chi connectivity index (χ0) is 34.2. The minimum absolute atomic E-state index is 0.0133. The number of carbonyl (C=O) groups is 2. The Morgan fingerprint density at radius 3 is 2.43 bits per heavy atom. The van der Waals surface area contributed by atoms with E-state index in [4.69, 9.17) is 63.6 Å². The number of terminal acetylenes is 3. The van der Waals surface area contributed by atoms with Crippen molar-refractivity contribution in [3.8, 4) is 37.0 Å². The standard InChI is InChI=1S/C28H35N2O12PS3/c1-6-9-10-13-45-46-19-37-17-28(25(33)38-11-7-2,26(34)39-12-8-3)18-40-43(44,36-5)42-21-14-23(41-22(21)16-31)30-15-20(4)24(32)29-27(30)35/h1-3,15,21-23,31H,9-14,16-19H2,4-5H3,(H,29,32,35)/t21?,22-,23-,43?/m1/s1. The molecule has 1 aliphatic heterocycles. The summed E-state index contributed by atoms with van der Waals surface area (Å²) in [6.07, 6.45) is 15.6. The number of unbranched alkanes of at least 4 members (excludes halogenated alkanes) is 1. The van der Waals surface area contributed by atoms with E-state index in [2.05, 4.69) is 22.7 Å². The second-order valence-corrected chi connectivity index (χ2v) is 15.0. The molecule has 1 aromatic rings. The third kappa shape index (κ3) is 11.3. The first kappa shape index (κ1) is 39.6. The molecule has 252 valence electrons. The van der Waals surface area contributed by atoms with Crippen LogP contribution in [0.25, 0.3) is 0 Å². The van der Waals surface area contributed by atoms with Crippen LogP contribution in [-0.4, -0.2) is 90.6 Å². The third-order valence-electron chi connectivity index (χ3n) is 6.24. The lowest BCUT2D eigenvalue weighted by molar-refractivity contribution is -0.178. The summed E-state index contributed by atoms with van der Waals surface area (Å²) in [4.78, 5) is 53.1. The molecule has 1 fully saturated rings. The largest absolute Gasteiger partial charge is 0.452 e. The van der Waals surface area contributed by atoms with Crippen LogP contribution < -0.4 is 11.2 Å². The van der Waals surface area contributed by atoms with Crippen LogP contribution >= 0.6 is 28.3 Å². The normalized spacial score (nSPS) is 18.9. The number of carbonyl (C=O) groups excluding carboxylic acids is 2. The summed E-state index contributed by atoms with van der Waals surface area (Å²) in [6.45, 7) is -5.14. The molecule has 2 N–H and O–H groups in total. The van der Waals surface area contributed by atoms with Crippen LogP contribution in [0.2, 0.25) is 0 Å². The molecule has 1 aromatic heterocycles. The van der Waals surface area contributed by atoms with Crippen molar-refractivity contribution >= 4 is 52.1 Å². The summed E-state index contributed by atoms with van der Waals surface area (Å²) in [5.41, 5.74) is -3.28. The summed E-state index contributed by atoms with van der Waals surface area (Å²) in [6, 6.07) is 0. The zero-order valence-corrected chi connectivity index (χ0v) is 28.5. The number of H-pyrrole nitrogens is 1. The van der Waals surface area contributed by atoms with Gasteiger partial charge >= 0.3 is 24.3 Å². The van der Waals surface area contributed by atoms with Gasteiger partial charge in [0.2, 0.25) is 5.41 Å². The number of aliphatic hydroxyl groups excluding tert-OH is 1. The number of nitrogens with zero attached hydrogens (tertiary/aromatic N) is 1. The van der Waals surface area contributed by atoms with Gasteiger partial charge in [0.25, 0.3) is 5.56 Å². The predicted molar refractivity (Wildman–Crippen MR) is 175 cm³/mol. The molecular formula is C28H35N2O12PS3. The van der Waals surface area contributed by atoms with Gasteiger partial charge in [0, 0.05) is 37.5 Å². The van der Waals surface area contributed by atoms with Crippen LogP contribution in [0.3, 0.4) is 0 Å². The predicted octanol–water partition coefficient (Wildman–Crippen LogP) is 1.51. The zero-order valence-electron chi connectivity index (χ0n) is 25.2. The van der Waals surface area contributed by atoms with Gasteiger partial charge in [0.1, 0.15) is 18.3 Å². The Bertz CT molecular complexity index is 1450. The Morgan fingerprint density at radius 2 is 1.85 bits per heavy atom. The van der Waals surface area contributed by atoms with Gasteiger partial charge in [0.15, 0.2) is 13.2 Å². The fourth-order valence-corrected chi connectivity index (χ4v) is 7.24. The Balaban J connectivity index is 2.28. The minimum Gasteiger partial charge on any atom is -0.452 e. The molecule has 2 rings (SSSR count). The molecule has 18 heteroatoms. The van der Waals surface area contributed by atoms with Crippen molar-refractivity contribution < 1.29 is 47.2 Å². The number of nitrogens with one attached hydrogen (secondary N) is 1. The van der Waals surface area contributed by atoms with Crippen molar-refractivity contribution in [1.82, 2.24) is 9.55 Å². The monoisotopic (exact) mass is 718 g/mol. The highest BCUT2D eigenvalue weighted by Crippen LogP contribution is 2.53. The number of esters is 2. The topological polar surface area (TPSA) is 174 Å². The molecule has 1 aliphatic rings. The van der Waals surface area contributed by atoms with Gasteiger partial charge in [0.05, 0.1) is 25.9 Å². The molecule has 0 amide bonds. The molecule has 0 aromatic carbocycles. The Kier molecular flexibility index (Phi) is 17.2. The van der Waals surface area contributed by atoms with E-state index < -0.39 is 86.8 Å². The molecule has 14 nitrogen and oxygen atoms in total. The Morgan fingerprint density at radius 1 is 1.17 bits per heavy atom. The van der Waals surface area contributed by atoms with Crippen molar-refractivity contribution in [3.63, 3.8) is 0 Å². The summed E-state index contributed by atoms with van der Waals surface area (Å²) in [7, 11) is 4.01. The van der Waals surface area contributed by atoms with Crippen LogP contribution in [0, 0.1) is 49.4 Å². The van der Waals surface area contributed by atoms with Gasteiger partial charge in [-0.1, -0.05) is 33.4 Å². The number of aryl methyl sites for hydroxylation is 1. The lowest BCUT2D eigenvalue weighted by Gasteiger charge is -2.31. The van der Waals surface area contributed by atoms with E-state index >= 15 is 0 Å². The van der Waals surface area contributed by atoms with E-state index in [-0.39, 0.29) is 17.9 Å². The van der Waals surface area contributed by atoms with Gasteiger partial charge in [-0.3, -0.25) is 23.9 Å². The summed E-state index contributed by atoms with van der Waals surface area (Å²) in [5, 5.41) is 9.97. The molecule has 0 aliphatic carbocycles. The smallest absolute Gasteiger partial charge is 0.330 e. The van der Waals surface area contributed by atoms with Crippen LogP contribution in [0.15, 0.2) is 15.8 Å². The number of aliphatic hydroxyl groups is 1. The molecular weight excluding hydrogens is 683 g/mol. The first-order valence-electron chi connectivity index (χ1n) is 13.5. The average molecular weight is 719 g/mol. The molecule has 0 saturated carbocycles. The Labute approximate surface area is 279 Å². The summed E-state index contributed by atoms with van der Waals surface area (Å²) in [5.74, 6) is 5.42. The van der Waals surface area contributed by atoms with Gasteiger partial charge in [-0.2, -0.15) is 0 Å². The van der Waals surface area contributed by atoms with E-state index in [0.29, 0.717) is 6.42 Å². The number of hydrogen-bond donors (Lipinski definition) is 2. The molecule has 0 bridgehead atoms. The van der Waals surface area contributed by atoms with Crippen molar-refractivity contribution in [3.05, 3.63) is 32.6 Å². The number of hydrogen-bond acceptors (Lipinski definition) is 15. The highest BCUT2D eigenvalue weighted by atomic mass is 33.1. The first-order valence-corrected chi connectivity index (χ1v) is 18.6. The van der Waals surface area contributed by atoms with Crippen molar-refractivity contribution in [2.45, 2.75) is 44.6 Å². The number of rotatable bonds is 20. The quantitative estimate of drug-likeness (QED) is 0.0378. The number of aromatic amines is 1. The number of ether oxygens (including phenoxy) is 4. The molecule has 46 heavy (non-hydrogen) atoms. The first-order chi connectivity index (χ1) is 22.0. The van der Waals surface area contributed by atoms with E-state index in [1.807, 2.05) is 0 Å². The van der Waals surface area contributed by atoms with Gasteiger partial charge in [-0.25, -0.2) is 4.79 Å². The van der Waals surface area contributed by atoms with Crippen LogP contribution in [0.1, 0.15) is 31.1 Å². The molecule has 1 saturated heterocycles.